The molecule has 1 aromatic carbocycles. The average Bonchev–Trinajstić information content (AvgIpc) is 2.34. The van der Waals surface area contributed by atoms with Gasteiger partial charge in [0.05, 0.1) is 6.26 Å². The molecule has 20 heavy (non-hydrogen) atoms. The molecule has 1 N–H and O–H groups in total. The van der Waals surface area contributed by atoms with Crippen molar-refractivity contribution < 1.29 is 17.9 Å². The van der Waals surface area contributed by atoms with E-state index in [4.69, 9.17) is 4.74 Å². The highest BCUT2D eigenvalue weighted by molar-refractivity contribution is 7.88. The molecule has 0 heterocycles. The second-order valence-electron chi connectivity index (χ2n) is 5.17. The summed E-state index contributed by atoms with van der Waals surface area (Å²) < 4.78 is 30.1. The van der Waals surface area contributed by atoms with E-state index in [1.165, 1.54) is 0 Å². The molecule has 0 saturated heterocycles. The standard InChI is InChI=1S/C14H21NO4S/c1-11(2)9-13(15-20(3,17)18)14(16)19-10-12-7-5-4-6-8-12/h4-8,11,13,15H,9-10H2,1-3H3/t13-/m0/s1. The molecule has 1 aromatic rings. The third kappa shape index (κ3) is 6.68. The normalized spacial score (nSPS) is 13.2. The molecule has 1 rings (SSSR count). The first-order chi connectivity index (χ1) is 9.28. The van der Waals surface area contributed by atoms with Crippen molar-refractivity contribution in [2.24, 2.45) is 5.92 Å². The van der Waals surface area contributed by atoms with Gasteiger partial charge in [0.2, 0.25) is 10.0 Å². The summed E-state index contributed by atoms with van der Waals surface area (Å²) in [4.78, 5) is 12.0. The number of carbonyl (C=O) groups is 1. The van der Waals surface area contributed by atoms with Gasteiger partial charge in [-0.1, -0.05) is 44.2 Å². The van der Waals surface area contributed by atoms with Crippen LogP contribution in [-0.4, -0.2) is 26.7 Å². The van der Waals surface area contributed by atoms with Crippen molar-refractivity contribution in [2.45, 2.75) is 32.9 Å². The number of rotatable bonds is 7. The minimum Gasteiger partial charge on any atom is -0.460 e. The van der Waals surface area contributed by atoms with Gasteiger partial charge in [0.1, 0.15) is 12.6 Å². The van der Waals surface area contributed by atoms with Gasteiger partial charge in [0.25, 0.3) is 0 Å². The molecule has 1 atom stereocenters. The highest BCUT2D eigenvalue weighted by atomic mass is 32.2. The van der Waals surface area contributed by atoms with Crippen molar-refractivity contribution in [1.29, 1.82) is 0 Å². The Balaban J connectivity index is 2.63. The summed E-state index contributed by atoms with van der Waals surface area (Å²) >= 11 is 0. The van der Waals surface area contributed by atoms with Crippen LogP contribution in [0.5, 0.6) is 0 Å². The van der Waals surface area contributed by atoms with Crippen molar-refractivity contribution >= 4 is 16.0 Å². The van der Waals surface area contributed by atoms with E-state index >= 15 is 0 Å². The minimum atomic E-state index is -3.45. The van der Waals surface area contributed by atoms with Gasteiger partial charge in [-0.05, 0) is 17.9 Å². The highest BCUT2D eigenvalue weighted by Crippen LogP contribution is 2.09. The first kappa shape index (κ1) is 16.7. The van der Waals surface area contributed by atoms with E-state index in [1.807, 2.05) is 44.2 Å². The zero-order chi connectivity index (χ0) is 15.2. The predicted molar refractivity (Wildman–Crippen MR) is 77.5 cm³/mol. The van der Waals surface area contributed by atoms with Gasteiger partial charge >= 0.3 is 5.97 Å². The molecule has 0 aliphatic heterocycles. The first-order valence-electron chi connectivity index (χ1n) is 6.46. The number of nitrogens with one attached hydrogen (secondary N) is 1. The van der Waals surface area contributed by atoms with E-state index in [9.17, 15) is 13.2 Å². The number of esters is 1. The molecule has 5 nitrogen and oxygen atoms in total. The van der Waals surface area contributed by atoms with E-state index in [0.29, 0.717) is 6.42 Å². The predicted octanol–water partition coefficient (Wildman–Crippen LogP) is 1.69. The van der Waals surface area contributed by atoms with Gasteiger partial charge in [-0.25, -0.2) is 13.1 Å². The number of carbonyl (C=O) groups excluding carboxylic acids is 1. The summed E-state index contributed by atoms with van der Waals surface area (Å²) in [6, 6.07) is 8.42. The molecule has 0 aliphatic carbocycles. The molecule has 6 heteroatoms. The van der Waals surface area contributed by atoms with Gasteiger partial charge in [-0.15, -0.1) is 0 Å². The quantitative estimate of drug-likeness (QED) is 0.778. The van der Waals surface area contributed by atoms with E-state index in [1.54, 1.807) is 0 Å². The second-order valence-corrected chi connectivity index (χ2v) is 6.95. The van der Waals surface area contributed by atoms with Gasteiger partial charge in [-0.3, -0.25) is 4.79 Å². The Morgan fingerprint density at radius 1 is 1.25 bits per heavy atom. The van der Waals surface area contributed by atoms with Crippen LogP contribution in [0.4, 0.5) is 0 Å². The molecular weight excluding hydrogens is 278 g/mol. The highest BCUT2D eigenvalue weighted by Gasteiger charge is 2.24. The molecule has 0 radical (unpaired) electrons. The number of hydrogen-bond acceptors (Lipinski definition) is 4. The van der Waals surface area contributed by atoms with Gasteiger partial charge < -0.3 is 4.74 Å². The van der Waals surface area contributed by atoms with Crippen LogP contribution in [0.25, 0.3) is 0 Å². The van der Waals surface area contributed by atoms with Crippen molar-refractivity contribution in [2.75, 3.05) is 6.26 Å². The molecule has 0 saturated carbocycles. The van der Waals surface area contributed by atoms with Crippen LogP contribution in [-0.2, 0) is 26.2 Å². The molecule has 0 aromatic heterocycles. The SMILES string of the molecule is CC(C)C[C@H](NS(C)(=O)=O)C(=O)OCc1ccccc1. The lowest BCUT2D eigenvalue weighted by Crippen LogP contribution is -2.42. The monoisotopic (exact) mass is 299 g/mol. The smallest absolute Gasteiger partial charge is 0.324 e. The summed E-state index contributed by atoms with van der Waals surface area (Å²) in [6.07, 6.45) is 1.44. The second kappa shape index (κ2) is 7.40. The Hall–Kier alpha value is -1.40. The Kier molecular flexibility index (Phi) is 6.16. The van der Waals surface area contributed by atoms with E-state index in [2.05, 4.69) is 4.72 Å². The van der Waals surface area contributed by atoms with E-state index < -0.39 is 22.0 Å². The number of hydrogen-bond donors (Lipinski definition) is 1. The fourth-order valence-corrected chi connectivity index (χ4v) is 2.46. The third-order valence-electron chi connectivity index (χ3n) is 2.57. The molecule has 112 valence electrons. The maximum Gasteiger partial charge on any atom is 0.324 e. The van der Waals surface area contributed by atoms with Crippen molar-refractivity contribution in [3.05, 3.63) is 35.9 Å². The summed E-state index contributed by atoms with van der Waals surface area (Å²) in [7, 11) is -3.45. The number of ether oxygens (including phenoxy) is 1. The Bertz CT molecular complexity index is 525. The molecule has 0 spiro atoms. The van der Waals surface area contributed by atoms with Crippen LogP contribution < -0.4 is 4.72 Å². The van der Waals surface area contributed by atoms with Gasteiger partial charge in [0.15, 0.2) is 0 Å². The largest absolute Gasteiger partial charge is 0.460 e. The van der Waals surface area contributed by atoms with Crippen LogP contribution >= 0.6 is 0 Å². The van der Waals surface area contributed by atoms with Crippen LogP contribution in [0.3, 0.4) is 0 Å². The first-order valence-corrected chi connectivity index (χ1v) is 8.35. The van der Waals surface area contributed by atoms with E-state index in [0.717, 1.165) is 11.8 Å². The van der Waals surface area contributed by atoms with Gasteiger partial charge in [0, 0.05) is 0 Å². The maximum atomic E-state index is 12.0. The molecular formula is C14H21NO4S. The molecule has 0 amide bonds. The van der Waals surface area contributed by atoms with E-state index in [-0.39, 0.29) is 12.5 Å². The average molecular weight is 299 g/mol. The van der Waals surface area contributed by atoms with Crippen molar-refractivity contribution in [3.63, 3.8) is 0 Å². The summed E-state index contributed by atoms with van der Waals surface area (Å²) in [5.74, 6) is -0.369. The molecule has 0 aliphatic rings. The fourth-order valence-electron chi connectivity index (χ4n) is 1.75. The summed E-state index contributed by atoms with van der Waals surface area (Å²) in [5.41, 5.74) is 0.864. The minimum absolute atomic E-state index is 0.139. The Labute approximate surface area is 120 Å². The Morgan fingerprint density at radius 3 is 2.35 bits per heavy atom. The zero-order valence-corrected chi connectivity index (χ0v) is 12.8. The lowest BCUT2D eigenvalue weighted by Gasteiger charge is -2.18. The Morgan fingerprint density at radius 2 is 1.85 bits per heavy atom. The lowest BCUT2D eigenvalue weighted by atomic mass is 10.1. The summed E-state index contributed by atoms with van der Waals surface area (Å²) in [5, 5.41) is 0. The lowest BCUT2D eigenvalue weighted by molar-refractivity contribution is -0.147. The van der Waals surface area contributed by atoms with Crippen LogP contribution in [0.15, 0.2) is 30.3 Å². The topological polar surface area (TPSA) is 72.5 Å². The molecule has 0 bridgehead atoms. The van der Waals surface area contributed by atoms with Crippen LogP contribution in [0.1, 0.15) is 25.8 Å². The fraction of sp³-hybridized carbons (Fsp3) is 0.500. The van der Waals surface area contributed by atoms with Crippen molar-refractivity contribution in [3.8, 4) is 0 Å². The van der Waals surface area contributed by atoms with Gasteiger partial charge in [-0.2, -0.15) is 0 Å². The van der Waals surface area contributed by atoms with Crippen molar-refractivity contribution in [1.82, 2.24) is 4.72 Å². The van der Waals surface area contributed by atoms with Crippen LogP contribution in [0.2, 0.25) is 0 Å². The zero-order valence-electron chi connectivity index (χ0n) is 12.0. The number of sulfonamides is 1. The molecule has 0 fully saturated rings. The summed E-state index contributed by atoms with van der Waals surface area (Å²) in [6.45, 7) is 3.97. The molecule has 0 unspecified atom stereocenters. The van der Waals surface area contributed by atoms with Crippen LogP contribution in [0, 0.1) is 5.92 Å². The maximum absolute atomic E-state index is 12.0. The number of benzene rings is 1. The third-order valence-corrected chi connectivity index (χ3v) is 3.28.